The number of carbonyl (C=O) groups is 1. The first kappa shape index (κ1) is 11.4. The molecule has 0 aromatic rings. The molecular weight excluding hydrogens is 192 g/mol. The maximum atomic E-state index is 11.2. The van der Waals surface area contributed by atoms with Gasteiger partial charge in [0.25, 0.3) is 0 Å². The predicted molar refractivity (Wildman–Crippen MR) is 44.6 cm³/mol. The normalized spacial score (nSPS) is 37.1. The van der Waals surface area contributed by atoms with E-state index in [-0.39, 0.29) is 6.61 Å². The molecule has 0 aliphatic carbocycles. The first-order valence-electron chi connectivity index (χ1n) is 4.20. The van der Waals surface area contributed by atoms with Gasteiger partial charge in [-0.3, -0.25) is 0 Å². The van der Waals surface area contributed by atoms with Crippen molar-refractivity contribution in [1.29, 1.82) is 0 Å². The van der Waals surface area contributed by atoms with Gasteiger partial charge in [-0.15, -0.1) is 0 Å². The van der Waals surface area contributed by atoms with Crippen LogP contribution in [0.25, 0.3) is 0 Å². The zero-order valence-electron chi connectivity index (χ0n) is 8.04. The van der Waals surface area contributed by atoms with E-state index in [2.05, 4.69) is 4.74 Å². The summed E-state index contributed by atoms with van der Waals surface area (Å²) < 4.78 is 14.5. The van der Waals surface area contributed by atoms with E-state index in [1.54, 1.807) is 0 Å². The van der Waals surface area contributed by atoms with Crippen LogP contribution in [0.4, 0.5) is 0 Å². The summed E-state index contributed by atoms with van der Waals surface area (Å²) in [7, 11) is 2.57. The molecule has 0 spiro atoms. The SMILES string of the molecule is COC(=O)[C@@H]1O[C@H](CO)[C@H](O)[C@H]1OC. The smallest absolute Gasteiger partial charge is 0.337 e. The molecular formula is C8H14O6. The van der Waals surface area contributed by atoms with Crippen molar-refractivity contribution in [2.45, 2.75) is 24.4 Å². The minimum Gasteiger partial charge on any atom is -0.467 e. The van der Waals surface area contributed by atoms with Crippen molar-refractivity contribution in [3.8, 4) is 0 Å². The van der Waals surface area contributed by atoms with Gasteiger partial charge in [-0.05, 0) is 0 Å². The van der Waals surface area contributed by atoms with Crippen LogP contribution < -0.4 is 0 Å². The van der Waals surface area contributed by atoms with Gasteiger partial charge in [0.15, 0.2) is 6.10 Å². The first-order chi connectivity index (χ1) is 6.65. The van der Waals surface area contributed by atoms with E-state index in [1.165, 1.54) is 14.2 Å². The zero-order chi connectivity index (χ0) is 10.7. The minimum absolute atomic E-state index is 0.367. The van der Waals surface area contributed by atoms with E-state index in [4.69, 9.17) is 14.6 Å². The summed E-state index contributed by atoms with van der Waals surface area (Å²) >= 11 is 0. The van der Waals surface area contributed by atoms with Crippen molar-refractivity contribution in [2.75, 3.05) is 20.8 Å². The van der Waals surface area contributed by atoms with Crippen LogP contribution in [0, 0.1) is 0 Å². The molecule has 1 aliphatic rings. The largest absolute Gasteiger partial charge is 0.467 e. The second kappa shape index (κ2) is 4.70. The Morgan fingerprint density at radius 3 is 2.57 bits per heavy atom. The Kier molecular flexibility index (Phi) is 3.82. The molecule has 2 N–H and O–H groups in total. The highest BCUT2D eigenvalue weighted by Crippen LogP contribution is 2.24. The molecule has 0 aromatic heterocycles. The van der Waals surface area contributed by atoms with Crippen LogP contribution in [0.5, 0.6) is 0 Å². The van der Waals surface area contributed by atoms with Gasteiger partial charge in [0.1, 0.15) is 18.3 Å². The maximum Gasteiger partial charge on any atom is 0.337 e. The summed E-state index contributed by atoms with van der Waals surface area (Å²) in [4.78, 5) is 11.2. The number of hydrogen-bond donors (Lipinski definition) is 2. The fraction of sp³-hybridized carbons (Fsp3) is 0.875. The monoisotopic (exact) mass is 206 g/mol. The molecule has 1 fully saturated rings. The third-order valence-corrected chi connectivity index (χ3v) is 2.22. The van der Waals surface area contributed by atoms with E-state index in [1.807, 2.05) is 0 Å². The van der Waals surface area contributed by atoms with Crippen LogP contribution in [-0.4, -0.2) is 61.4 Å². The first-order valence-corrected chi connectivity index (χ1v) is 4.20. The second-order valence-corrected chi connectivity index (χ2v) is 2.99. The highest BCUT2D eigenvalue weighted by molar-refractivity contribution is 5.76. The lowest BCUT2D eigenvalue weighted by atomic mass is 10.1. The fourth-order valence-corrected chi connectivity index (χ4v) is 1.46. The van der Waals surface area contributed by atoms with Gasteiger partial charge in [0.2, 0.25) is 0 Å². The molecule has 6 heteroatoms. The number of rotatable bonds is 3. The average molecular weight is 206 g/mol. The zero-order valence-corrected chi connectivity index (χ0v) is 8.04. The number of aliphatic hydroxyl groups excluding tert-OH is 2. The lowest BCUT2D eigenvalue weighted by Crippen LogP contribution is -2.39. The topological polar surface area (TPSA) is 85.2 Å². The van der Waals surface area contributed by atoms with Crippen LogP contribution in [0.3, 0.4) is 0 Å². The molecule has 6 nitrogen and oxygen atoms in total. The van der Waals surface area contributed by atoms with Crippen molar-refractivity contribution in [3.63, 3.8) is 0 Å². The number of carbonyl (C=O) groups excluding carboxylic acids is 1. The van der Waals surface area contributed by atoms with Gasteiger partial charge >= 0.3 is 5.97 Å². The molecule has 0 saturated carbocycles. The molecule has 1 rings (SSSR count). The molecule has 4 atom stereocenters. The molecule has 1 heterocycles. The quantitative estimate of drug-likeness (QED) is 0.535. The third kappa shape index (κ3) is 1.88. The van der Waals surface area contributed by atoms with Crippen LogP contribution in [0.2, 0.25) is 0 Å². The summed E-state index contributed by atoms with van der Waals surface area (Å²) in [6, 6.07) is 0. The molecule has 82 valence electrons. The van der Waals surface area contributed by atoms with Crippen molar-refractivity contribution in [2.24, 2.45) is 0 Å². The fourth-order valence-electron chi connectivity index (χ4n) is 1.46. The number of ether oxygens (including phenoxy) is 3. The lowest BCUT2D eigenvalue weighted by Gasteiger charge is -2.16. The van der Waals surface area contributed by atoms with Crippen LogP contribution in [-0.2, 0) is 19.0 Å². The molecule has 1 saturated heterocycles. The Hall–Kier alpha value is -0.690. The summed E-state index contributed by atoms with van der Waals surface area (Å²) in [5.41, 5.74) is 0. The van der Waals surface area contributed by atoms with E-state index < -0.39 is 30.4 Å². The molecule has 0 aromatic carbocycles. The van der Waals surface area contributed by atoms with Gasteiger partial charge in [-0.1, -0.05) is 0 Å². The van der Waals surface area contributed by atoms with Crippen molar-refractivity contribution in [3.05, 3.63) is 0 Å². The molecule has 14 heavy (non-hydrogen) atoms. The Morgan fingerprint density at radius 1 is 1.50 bits per heavy atom. The number of hydrogen-bond acceptors (Lipinski definition) is 6. The Bertz CT molecular complexity index is 206. The Morgan fingerprint density at radius 2 is 2.14 bits per heavy atom. The molecule has 0 bridgehead atoms. The average Bonchev–Trinajstić information content (AvgIpc) is 2.53. The summed E-state index contributed by atoms with van der Waals surface area (Å²) in [5.74, 6) is -0.619. The van der Waals surface area contributed by atoms with Gasteiger partial charge in [-0.2, -0.15) is 0 Å². The number of esters is 1. The predicted octanol–water partition coefficient (Wildman–Crippen LogP) is -1.70. The molecule has 0 unspecified atom stereocenters. The van der Waals surface area contributed by atoms with Crippen LogP contribution in [0.15, 0.2) is 0 Å². The number of methoxy groups -OCH3 is 2. The molecule has 0 radical (unpaired) electrons. The van der Waals surface area contributed by atoms with E-state index in [0.29, 0.717) is 0 Å². The van der Waals surface area contributed by atoms with Crippen molar-refractivity contribution < 1.29 is 29.2 Å². The van der Waals surface area contributed by atoms with Gasteiger partial charge in [-0.25, -0.2) is 4.79 Å². The third-order valence-electron chi connectivity index (χ3n) is 2.22. The Labute approximate surface area is 81.4 Å². The molecule has 1 aliphatic heterocycles. The highest BCUT2D eigenvalue weighted by Gasteiger charge is 2.47. The van der Waals surface area contributed by atoms with Crippen LogP contribution >= 0.6 is 0 Å². The summed E-state index contributed by atoms with van der Waals surface area (Å²) in [5, 5.41) is 18.4. The van der Waals surface area contributed by atoms with Gasteiger partial charge in [0.05, 0.1) is 13.7 Å². The lowest BCUT2D eigenvalue weighted by molar-refractivity contribution is -0.158. The van der Waals surface area contributed by atoms with Gasteiger partial charge < -0.3 is 24.4 Å². The van der Waals surface area contributed by atoms with Crippen molar-refractivity contribution in [1.82, 2.24) is 0 Å². The highest BCUT2D eigenvalue weighted by atomic mass is 16.6. The summed E-state index contributed by atoms with van der Waals surface area (Å²) in [6.07, 6.45) is -3.59. The minimum atomic E-state index is -1.02. The maximum absolute atomic E-state index is 11.2. The standard InChI is InChI=1S/C8H14O6/c1-12-6-5(10)4(3-9)14-7(6)8(11)13-2/h4-7,9-10H,3H2,1-2H3/t4-,5+,6-,7-/m1/s1. The van der Waals surface area contributed by atoms with Crippen molar-refractivity contribution >= 4 is 5.97 Å². The summed E-state index contributed by atoms with van der Waals surface area (Å²) in [6.45, 7) is -0.367. The number of aliphatic hydroxyl groups is 2. The van der Waals surface area contributed by atoms with Gasteiger partial charge in [0, 0.05) is 7.11 Å². The van der Waals surface area contributed by atoms with E-state index in [0.717, 1.165) is 0 Å². The van der Waals surface area contributed by atoms with Crippen LogP contribution in [0.1, 0.15) is 0 Å². The molecule has 0 amide bonds. The van der Waals surface area contributed by atoms with E-state index in [9.17, 15) is 9.90 Å². The Balaban J connectivity index is 2.72. The van der Waals surface area contributed by atoms with E-state index >= 15 is 0 Å². The second-order valence-electron chi connectivity index (χ2n) is 2.99.